The van der Waals surface area contributed by atoms with Gasteiger partial charge < -0.3 is 13.7 Å². The van der Waals surface area contributed by atoms with Crippen molar-refractivity contribution in [1.29, 1.82) is 0 Å². The second kappa shape index (κ2) is 8.31. The van der Waals surface area contributed by atoms with Crippen molar-refractivity contribution < 1.29 is 13.9 Å². The highest BCUT2D eigenvalue weighted by molar-refractivity contribution is 5.89. The van der Waals surface area contributed by atoms with Gasteiger partial charge in [-0.05, 0) is 36.2 Å². The van der Waals surface area contributed by atoms with Gasteiger partial charge in [0.2, 0.25) is 5.89 Å². The number of benzene rings is 2. The van der Waals surface area contributed by atoms with Gasteiger partial charge in [-0.15, -0.1) is 10.2 Å². The predicted molar refractivity (Wildman–Crippen MR) is 111 cm³/mol. The van der Waals surface area contributed by atoms with Crippen molar-refractivity contribution >= 4 is 16.9 Å². The van der Waals surface area contributed by atoms with Gasteiger partial charge in [-0.25, -0.2) is 4.79 Å². The van der Waals surface area contributed by atoms with E-state index in [0.717, 1.165) is 41.4 Å². The third-order valence-corrected chi connectivity index (χ3v) is 4.96. The molecule has 0 bridgehead atoms. The summed E-state index contributed by atoms with van der Waals surface area (Å²) in [6.45, 7) is 2.76. The van der Waals surface area contributed by atoms with Crippen LogP contribution in [0.25, 0.3) is 22.5 Å². The van der Waals surface area contributed by atoms with Crippen LogP contribution in [0.3, 0.4) is 0 Å². The fourth-order valence-electron chi connectivity index (χ4n) is 3.39. The lowest BCUT2D eigenvalue weighted by Gasteiger charge is -2.09. The summed E-state index contributed by atoms with van der Waals surface area (Å²) in [5, 5.41) is 9.61. The van der Waals surface area contributed by atoms with Gasteiger partial charge in [0.05, 0.1) is 12.7 Å². The molecule has 0 aliphatic heterocycles. The van der Waals surface area contributed by atoms with E-state index in [9.17, 15) is 4.79 Å². The zero-order valence-electron chi connectivity index (χ0n) is 16.6. The molecule has 2 heterocycles. The quantitative estimate of drug-likeness (QED) is 0.422. The SMILES string of the molecule is CCCCc1nnc(-c2cc3ccccc3n2Cc2ccc(C(=O)OC)cc2)o1. The maximum Gasteiger partial charge on any atom is 0.337 e. The van der Waals surface area contributed by atoms with Crippen LogP contribution in [0.2, 0.25) is 0 Å². The van der Waals surface area contributed by atoms with Gasteiger partial charge in [0.25, 0.3) is 5.89 Å². The first-order valence-electron chi connectivity index (χ1n) is 9.78. The van der Waals surface area contributed by atoms with Crippen molar-refractivity contribution in [3.05, 3.63) is 71.6 Å². The molecule has 0 saturated heterocycles. The summed E-state index contributed by atoms with van der Waals surface area (Å²) in [6.07, 6.45) is 2.90. The summed E-state index contributed by atoms with van der Waals surface area (Å²) in [6, 6.07) is 17.7. The second-order valence-electron chi connectivity index (χ2n) is 6.97. The number of hydrogen-bond acceptors (Lipinski definition) is 5. The van der Waals surface area contributed by atoms with E-state index in [0.29, 0.717) is 23.9 Å². The number of aryl methyl sites for hydroxylation is 1. The van der Waals surface area contributed by atoms with Crippen LogP contribution in [-0.2, 0) is 17.7 Å². The molecule has 0 aliphatic rings. The molecule has 2 aromatic carbocycles. The third-order valence-electron chi connectivity index (χ3n) is 4.96. The molecule has 4 aromatic rings. The highest BCUT2D eigenvalue weighted by atomic mass is 16.5. The van der Waals surface area contributed by atoms with Gasteiger partial charge in [-0.2, -0.15) is 0 Å². The maximum absolute atomic E-state index is 11.7. The van der Waals surface area contributed by atoms with Crippen LogP contribution in [0.1, 0.15) is 41.6 Å². The Kier molecular flexibility index (Phi) is 5.42. The molecular formula is C23H23N3O3. The summed E-state index contributed by atoms with van der Waals surface area (Å²) in [4.78, 5) is 11.7. The van der Waals surface area contributed by atoms with Crippen molar-refractivity contribution in [2.75, 3.05) is 7.11 Å². The standard InChI is InChI=1S/C23H23N3O3/c1-3-4-9-21-24-25-22(29-21)20-14-18-7-5-6-8-19(18)26(20)15-16-10-12-17(13-11-16)23(27)28-2/h5-8,10-14H,3-4,9,15H2,1-2H3. The van der Waals surface area contributed by atoms with Crippen molar-refractivity contribution in [3.8, 4) is 11.6 Å². The molecule has 0 spiro atoms. The highest BCUT2D eigenvalue weighted by Gasteiger charge is 2.17. The number of methoxy groups -OCH3 is 1. The number of unbranched alkanes of at least 4 members (excludes halogenated alkanes) is 1. The van der Waals surface area contributed by atoms with Crippen LogP contribution in [0.4, 0.5) is 0 Å². The van der Waals surface area contributed by atoms with E-state index in [1.54, 1.807) is 12.1 Å². The minimum atomic E-state index is -0.339. The fraction of sp³-hybridized carbons (Fsp3) is 0.261. The molecule has 6 heteroatoms. The molecule has 0 aliphatic carbocycles. The molecule has 2 aromatic heterocycles. The van der Waals surface area contributed by atoms with Gasteiger partial charge in [-0.1, -0.05) is 43.7 Å². The predicted octanol–water partition coefficient (Wildman–Crippen LogP) is 4.87. The molecule has 0 unspecified atom stereocenters. The number of esters is 1. The van der Waals surface area contributed by atoms with E-state index in [-0.39, 0.29) is 5.97 Å². The molecule has 0 amide bonds. The first-order chi connectivity index (χ1) is 14.2. The molecule has 29 heavy (non-hydrogen) atoms. The number of ether oxygens (including phenoxy) is 1. The molecule has 0 radical (unpaired) electrons. The lowest BCUT2D eigenvalue weighted by molar-refractivity contribution is 0.0600. The third kappa shape index (κ3) is 3.92. The smallest absolute Gasteiger partial charge is 0.337 e. The Labute approximate surface area is 169 Å². The summed E-state index contributed by atoms with van der Waals surface area (Å²) >= 11 is 0. The van der Waals surface area contributed by atoms with E-state index in [2.05, 4.69) is 39.9 Å². The molecule has 4 rings (SSSR count). The number of nitrogens with zero attached hydrogens (tertiary/aromatic N) is 3. The summed E-state index contributed by atoms with van der Waals surface area (Å²) in [7, 11) is 1.38. The molecule has 0 fully saturated rings. The van der Waals surface area contributed by atoms with Crippen LogP contribution in [0, 0.1) is 0 Å². The topological polar surface area (TPSA) is 70.2 Å². The minimum Gasteiger partial charge on any atom is -0.465 e. The first-order valence-corrected chi connectivity index (χ1v) is 9.78. The molecule has 6 nitrogen and oxygen atoms in total. The Hall–Kier alpha value is -3.41. The number of para-hydroxylation sites is 1. The number of carbonyl (C=O) groups excluding carboxylic acids is 1. The van der Waals surface area contributed by atoms with Crippen molar-refractivity contribution in [1.82, 2.24) is 14.8 Å². The zero-order chi connectivity index (χ0) is 20.2. The number of fused-ring (bicyclic) bond motifs is 1. The monoisotopic (exact) mass is 389 g/mol. The summed E-state index contributed by atoms with van der Waals surface area (Å²) in [5.41, 5.74) is 3.57. The molecule has 0 atom stereocenters. The Morgan fingerprint density at radius 2 is 1.90 bits per heavy atom. The van der Waals surface area contributed by atoms with Gasteiger partial charge in [0, 0.05) is 23.9 Å². The summed E-state index contributed by atoms with van der Waals surface area (Å²) in [5.74, 6) is 0.855. The van der Waals surface area contributed by atoms with Crippen LogP contribution in [-0.4, -0.2) is 27.8 Å². The average Bonchev–Trinajstić information content (AvgIpc) is 3.37. The van der Waals surface area contributed by atoms with Gasteiger partial charge in [0.15, 0.2) is 0 Å². The van der Waals surface area contributed by atoms with E-state index < -0.39 is 0 Å². The van der Waals surface area contributed by atoms with Gasteiger partial charge in [0.1, 0.15) is 5.69 Å². The van der Waals surface area contributed by atoms with Crippen LogP contribution in [0.15, 0.2) is 59.0 Å². The van der Waals surface area contributed by atoms with E-state index in [1.165, 1.54) is 7.11 Å². The van der Waals surface area contributed by atoms with Gasteiger partial charge >= 0.3 is 5.97 Å². The molecule has 0 saturated carbocycles. The Bertz CT molecular complexity index is 1130. The average molecular weight is 389 g/mol. The number of hydrogen-bond donors (Lipinski definition) is 0. The number of rotatable bonds is 7. The second-order valence-corrected chi connectivity index (χ2v) is 6.97. The fourth-order valence-corrected chi connectivity index (χ4v) is 3.39. The Morgan fingerprint density at radius 3 is 2.66 bits per heavy atom. The normalized spacial score (nSPS) is 11.1. The lowest BCUT2D eigenvalue weighted by atomic mass is 10.1. The number of carbonyl (C=O) groups is 1. The number of aromatic nitrogens is 3. The summed E-state index contributed by atoms with van der Waals surface area (Å²) < 4.78 is 12.9. The zero-order valence-corrected chi connectivity index (χ0v) is 16.6. The van der Waals surface area contributed by atoms with E-state index >= 15 is 0 Å². The first kappa shape index (κ1) is 18.9. The van der Waals surface area contributed by atoms with Crippen molar-refractivity contribution in [3.63, 3.8) is 0 Å². The Morgan fingerprint density at radius 1 is 1.10 bits per heavy atom. The molecule has 148 valence electrons. The maximum atomic E-state index is 11.7. The van der Waals surface area contributed by atoms with Gasteiger partial charge in [-0.3, -0.25) is 0 Å². The van der Waals surface area contributed by atoms with Crippen molar-refractivity contribution in [2.45, 2.75) is 32.7 Å². The molecular weight excluding hydrogens is 366 g/mol. The van der Waals surface area contributed by atoms with E-state index in [1.807, 2.05) is 24.3 Å². The molecule has 0 N–H and O–H groups in total. The van der Waals surface area contributed by atoms with Crippen LogP contribution < -0.4 is 0 Å². The van der Waals surface area contributed by atoms with Crippen LogP contribution >= 0.6 is 0 Å². The largest absolute Gasteiger partial charge is 0.465 e. The highest BCUT2D eigenvalue weighted by Crippen LogP contribution is 2.29. The lowest BCUT2D eigenvalue weighted by Crippen LogP contribution is -2.04. The van der Waals surface area contributed by atoms with Crippen LogP contribution in [0.5, 0.6) is 0 Å². The minimum absolute atomic E-state index is 0.339. The van der Waals surface area contributed by atoms with Crippen molar-refractivity contribution in [2.24, 2.45) is 0 Å². The Balaban J connectivity index is 1.70. The van der Waals surface area contributed by atoms with E-state index in [4.69, 9.17) is 9.15 Å².